The van der Waals surface area contributed by atoms with Crippen molar-refractivity contribution in [1.29, 1.82) is 0 Å². The second-order valence-corrected chi connectivity index (χ2v) is 7.05. The largest absolute Gasteiger partial charge is 0.497 e. The number of amides is 1. The van der Waals surface area contributed by atoms with Gasteiger partial charge in [0.15, 0.2) is 0 Å². The van der Waals surface area contributed by atoms with Crippen LogP contribution in [0.3, 0.4) is 0 Å². The van der Waals surface area contributed by atoms with Gasteiger partial charge in [0.2, 0.25) is 0 Å². The maximum absolute atomic E-state index is 12.2. The van der Waals surface area contributed by atoms with Gasteiger partial charge in [-0.2, -0.15) is 0 Å². The molecule has 0 atom stereocenters. The van der Waals surface area contributed by atoms with E-state index in [0.29, 0.717) is 13.1 Å². The molecule has 24 heavy (non-hydrogen) atoms. The Kier molecular flexibility index (Phi) is 4.22. The van der Waals surface area contributed by atoms with Crippen LogP contribution >= 0.6 is 0 Å². The first-order valence-corrected chi connectivity index (χ1v) is 8.10. The van der Waals surface area contributed by atoms with Crippen LogP contribution in [0.25, 0.3) is 11.1 Å². The van der Waals surface area contributed by atoms with Gasteiger partial charge < -0.3 is 9.47 Å². The zero-order valence-corrected chi connectivity index (χ0v) is 14.6. The summed E-state index contributed by atoms with van der Waals surface area (Å²) in [5, 5.41) is 0. The minimum absolute atomic E-state index is 0.260. The molecule has 1 heterocycles. The molecule has 0 aromatic heterocycles. The number of carbonyl (C=O) groups is 1. The van der Waals surface area contributed by atoms with Crippen LogP contribution in [-0.4, -0.2) is 23.7 Å². The zero-order chi connectivity index (χ0) is 17.3. The topological polar surface area (TPSA) is 38.8 Å². The van der Waals surface area contributed by atoms with Gasteiger partial charge >= 0.3 is 6.09 Å². The highest BCUT2D eigenvalue weighted by molar-refractivity contribution is 5.71. The minimum atomic E-state index is -0.472. The summed E-state index contributed by atoms with van der Waals surface area (Å²) in [6, 6.07) is 14.3. The van der Waals surface area contributed by atoms with Crippen molar-refractivity contribution in [3.63, 3.8) is 0 Å². The van der Waals surface area contributed by atoms with E-state index in [0.717, 1.165) is 16.9 Å². The SMILES string of the molecule is COc1ccc(-c2ccc3c(c2)CN(C(=O)OC(C)(C)C)C3)cc1. The quantitative estimate of drug-likeness (QED) is 0.809. The Labute approximate surface area is 143 Å². The van der Waals surface area contributed by atoms with Crippen LogP contribution in [0.5, 0.6) is 5.75 Å². The highest BCUT2D eigenvalue weighted by Crippen LogP contribution is 2.30. The summed E-state index contributed by atoms with van der Waals surface area (Å²) in [5.41, 5.74) is 4.16. The molecule has 0 spiro atoms. The van der Waals surface area contributed by atoms with Crippen molar-refractivity contribution in [3.8, 4) is 16.9 Å². The van der Waals surface area contributed by atoms with E-state index in [9.17, 15) is 4.79 Å². The molecule has 0 aliphatic carbocycles. The number of benzene rings is 2. The first kappa shape index (κ1) is 16.4. The van der Waals surface area contributed by atoms with Crippen molar-refractivity contribution in [2.75, 3.05) is 7.11 Å². The average Bonchev–Trinajstić information content (AvgIpc) is 2.96. The van der Waals surface area contributed by atoms with Gasteiger partial charge in [-0.15, -0.1) is 0 Å². The maximum atomic E-state index is 12.2. The number of fused-ring (bicyclic) bond motifs is 1. The van der Waals surface area contributed by atoms with Crippen molar-refractivity contribution >= 4 is 6.09 Å². The van der Waals surface area contributed by atoms with E-state index < -0.39 is 5.60 Å². The lowest BCUT2D eigenvalue weighted by Crippen LogP contribution is -2.33. The van der Waals surface area contributed by atoms with Crippen LogP contribution in [0.15, 0.2) is 42.5 Å². The molecule has 1 amide bonds. The lowest BCUT2D eigenvalue weighted by Gasteiger charge is -2.24. The second kappa shape index (κ2) is 6.19. The Balaban J connectivity index is 1.77. The first-order chi connectivity index (χ1) is 11.4. The van der Waals surface area contributed by atoms with Gasteiger partial charge in [0, 0.05) is 13.1 Å². The van der Waals surface area contributed by atoms with Crippen LogP contribution in [-0.2, 0) is 17.8 Å². The fourth-order valence-electron chi connectivity index (χ4n) is 2.81. The summed E-state index contributed by atoms with van der Waals surface area (Å²) in [6.07, 6.45) is -0.260. The third-order valence-corrected chi connectivity index (χ3v) is 4.00. The van der Waals surface area contributed by atoms with Gasteiger partial charge in [-0.3, -0.25) is 4.90 Å². The van der Waals surface area contributed by atoms with Gasteiger partial charge in [-0.25, -0.2) is 4.79 Å². The Morgan fingerprint density at radius 1 is 0.958 bits per heavy atom. The third kappa shape index (κ3) is 3.53. The smallest absolute Gasteiger partial charge is 0.410 e. The second-order valence-electron chi connectivity index (χ2n) is 7.05. The Bertz CT molecular complexity index is 744. The van der Waals surface area contributed by atoms with Gasteiger partial charge in [-0.1, -0.05) is 24.3 Å². The summed E-state index contributed by atoms with van der Waals surface area (Å²) in [6.45, 7) is 6.85. The number of carbonyl (C=O) groups excluding carboxylic acids is 1. The maximum Gasteiger partial charge on any atom is 0.410 e. The summed E-state index contributed by atoms with van der Waals surface area (Å²) in [5.74, 6) is 0.844. The molecule has 0 fully saturated rings. The summed E-state index contributed by atoms with van der Waals surface area (Å²) < 4.78 is 10.7. The number of nitrogens with zero attached hydrogens (tertiary/aromatic N) is 1. The minimum Gasteiger partial charge on any atom is -0.497 e. The van der Waals surface area contributed by atoms with E-state index in [4.69, 9.17) is 9.47 Å². The third-order valence-electron chi connectivity index (χ3n) is 4.00. The number of hydrogen-bond acceptors (Lipinski definition) is 3. The lowest BCUT2D eigenvalue weighted by molar-refractivity contribution is 0.0242. The molecule has 0 radical (unpaired) electrons. The van der Waals surface area contributed by atoms with E-state index in [1.54, 1.807) is 12.0 Å². The fraction of sp³-hybridized carbons (Fsp3) is 0.350. The zero-order valence-electron chi connectivity index (χ0n) is 14.6. The van der Waals surface area contributed by atoms with Crippen LogP contribution in [0.4, 0.5) is 4.79 Å². The molecule has 0 N–H and O–H groups in total. The molecule has 4 heteroatoms. The normalized spacial score (nSPS) is 13.6. The average molecular weight is 325 g/mol. The van der Waals surface area contributed by atoms with Crippen molar-refractivity contribution in [3.05, 3.63) is 53.6 Å². The van der Waals surface area contributed by atoms with Crippen molar-refractivity contribution in [2.45, 2.75) is 39.5 Å². The molecule has 0 bridgehead atoms. The molecule has 0 saturated heterocycles. The summed E-state index contributed by atoms with van der Waals surface area (Å²) in [7, 11) is 1.66. The predicted molar refractivity (Wildman–Crippen MR) is 93.9 cm³/mol. The molecule has 1 aliphatic heterocycles. The number of hydrogen-bond donors (Lipinski definition) is 0. The van der Waals surface area contributed by atoms with Crippen molar-refractivity contribution in [1.82, 2.24) is 4.90 Å². The van der Waals surface area contributed by atoms with E-state index >= 15 is 0 Å². The highest BCUT2D eigenvalue weighted by atomic mass is 16.6. The summed E-state index contributed by atoms with van der Waals surface area (Å²) >= 11 is 0. The number of methoxy groups -OCH3 is 1. The Hall–Kier alpha value is -2.49. The fourth-order valence-corrected chi connectivity index (χ4v) is 2.81. The standard InChI is InChI=1S/C20H23NO3/c1-20(2,3)24-19(22)21-12-16-6-5-15(11-17(16)13-21)14-7-9-18(23-4)10-8-14/h5-11H,12-13H2,1-4H3. The molecule has 1 aliphatic rings. The van der Waals surface area contributed by atoms with E-state index in [1.165, 1.54) is 11.1 Å². The predicted octanol–water partition coefficient (Wildman–Crippen LogP) is 4.61. The summed E-state index contributed by atoms with van der Waals surface area (Å²) in [4.78, 5) is 14.0. The molecular formula is C20H23NO3. The molecule has 3 rings (SSSR count). The van der Waals surface area contributed by atoms with Gasteiger partial charge in [0.05, 0.1) is 7.11 Å². The van der Waals surface area contributed by atoms with E-state index in [2.05, 4.69) is 18.2 Å². The molecule has 2 aromatic rings. The molecule has 126 valence electrons. The monoisotopic (exact) mass is 325 g/mol. The molecule has 2 aromatic carbocycles. The van der Waals surface area contributed by atoms with Crippen LogP contribution in [0.1, 0.15) is 31.9 Å². The molecule has 0 unspecified atom stereocenters. The Morgan fingerprint density at radius 3 is 2.21 bits per heavy atom. The number of rotatable bonds is 2. The van der Waals surface area contributed by atoms with E-state index in [1.807, 2.05) is 45.0 Å². The van der Waals surface area contributed by atoms with E-state index in [-0.39, 0.29) is 6.09 Å². The van der Waals surface area contributed by atoms with Gasteiger partial charge in [0.1, 0.15) is 11.4 Å². The van der Waals surface area contributed by atoms with Crippen LogP contribution in [0.2, 0.25) is 0 Å². The van der Waals surface area contributed by atoms with Gasteiger partial charge in [-0.05, 0) is 61.2 Å². The lowest BCUT2D eigenvalue weighted by atomic mass is 10.0. The Morgan fingerprint density at radius 2 is 1.58 bits per heavy atom. The highest BCUT2D eigenvalue weighted by Gasteiger charge is 2.27. The number of ether oxygens (including phenoxy) is 2. The van der Waals surface area contributed by atoms with Crippen LogP contribution in [0, 0.1) is 0 Å². The molecular weight excluding hydrogens is 302 g/mol. The van der Waals surface area contributed by atoms with Crippen molar-refractivity contribution in [2.24, 2.45) is 0 Å². The first-order valence-electron chi connectivity index (χ1n) is 8.10. The van der Waals surface area contributed by atoms with Crippen molar-refractivity contribution < 1.29 is 14.3 Å². The molecule has 0 saturated carbocycles. The molecule has 4 nitrogen and oxygen atoms in total. The van der Waals surface area contributed by atoms with Crippen LogP contribution < -0.4 is 4.74 Å². The van der Waals surface area contributed by atoms with Gasteiger partial charge in [0.25, 0.3) is 0 Å².